The van der Waals surface area contributed by atoms with Crippen LogP contribution in [0.3, 0.4) is 0 Å². The number of hydrogen-bond acceptors (Lipinski definition) is 4. The minimum atomic E-state index is -0.328. The van der Waals surface area contributed by atoms with E-state index in [9.17, 15) is 4.79 Å². The maximum Gasteiger partial charge on any atom is 0.201 e. The molecule has 0 N–H and O–H groups in total. The van der Waals surface area contributed by atoms with Gasteiger partial charge in [0.25, 0.3) is 0 Å². The van der Waals surface area contributed by atoms with Gasteiger partial charge in [-0.1, -0.05) is 23.2 Å². The van der Waals surface area contributed by atoms with Crippen LogP contribution in [0.1, 0.15) is 21.6 Å². The molecule has 0 atom stereocenters. The van der Waals surface area contributed by atoms with Gasteiger partial charge in [-0.05, 0) is 19.1 Å². The Morgan fingerprint density at radius 1 is 1.18 bits per heavy atom. The fourth-order valence-corrected chi connectivity index (χ4v) is 1.88. The maximum atomic E-state index is 12.2. The van der Waals surface area contributed by atoms with Crippen LogP contribution in [-0.2, 0) is 0 Å². The number of halogens is 2. The highest BCUT2D eigenvalue weighted by Gasteiger charge is 2.20. The van der Waals surface area contributed by atoms with Crippen molar-refractivity contribution in [3.8, 4) is 0 Å². The predicted molar refractivity (Wildman–Crippen MR) is 64.5 cm³/mol. The van der Waals surface area contributed by atoms with Crippen molar-refractivity contribution in [3.05, 3.63) is 51.8 Å². The van der Waals surface area contributed by atoms with E-state index < -0.39 is 0 Å². The Morgan fingerprint density at radius 3 is 2.41 bits per heavy atom. The number of pyridine rings is 1. The first-order valence-corrected chi connectivity index (χ1v) is 5.49. The molecule has 0 aliphatic carbocycles. The van der Waals surface area contributed by atoms with E-state index in [1.54, 1.807) is 25.3 Å². The molecule has 0 aliphatic rings. The minimum absolute atomic E-state index is 0.0400. The number of carbonyl (C=O) groups is 1. The molecule has 2 rings (SSSR count). The molecule has 2 heterocycles. The van der Waals surface area contributed by atoms with Gasteiger partial charge in [-0.25, -0.2) is 9.97 Å². The van der Waals surface area contributed by atoms with E-state index >= 15 is 0 Å². The Bertz CT molecular complexity index is 566. The zero-order valence-corrected chi connectivity index (χ0v) is 10.3. The molecule has 17 heavy (non-hydrogen) atoms. The molecule has 0 radical (unpaired) electrons. The summed E-state index contributed by atoms with van der Waals surface area (Å²) in [6, 6.07) is 3.33. The molecule has 2 aromatic heterocycles. The van der Waals surface area contributed by atoms with Gasteiger partial charge in [0.05, 0.1) is 5.56 Å². The number of nitrogens with zero attached hydrogens (tertiary/aromatic N) is 3. The van der Waals surface area contributed by atoms with Gasteiger partial charge in [0.15, 0.2) is 0 Å². The summed E-state index contributed by atoms with van der Waals surface area (Å²) in [6.07, 6.45) is 2.81. The van der Waals surface area contributed by atoms with Crippen LogP contribution in [-0.4, -0.2) is 20.7 Å². The quantitative estimate of drug-likeness (QED) is 0.620. The van der Waals surface area contributed by atoms with Gasteiger partial charge in [-0.2, -0.15) is 0 Å². The zero-order chi connectivity index (χ0) is 12.4. The van der Waals surface area contributed by atoms with E-state index in [0.29, 0.717) is 11.3 Å². The standard InChI is InChI=1S/C11H7Cl2N3O/c1-6-7(3-2-4-14-6)9(17)8-10(12)15-5-16-11(8)13/h2-5H,1H3. The van der Waals surface area contributed by atoms with Crippen LogP contribution in [0, 0.1) is 6.92 Å². The van der Waals surface area contributed by atoms with Gasteiger partial charge in [0.1, 0.15) is 16.6 Å². The molecule has 0 unspecified atom stereocenters. The average molecular weight is 268 g/mol. The van der Waals surface area contributed by atoms with E-state index in [-0.39, 0.29) is 21.7 Å². The summed E-state index contributed by atoms with van der Waals surface area (Å²) in [7, 11) is 0. The highest BCUT2D eigenvalue weighted by atomic mass is 35.5. The lowest BCUT2D eigenvalue weighted by Gasteiger charge is -2.05. The Labute approximate surface area is 108 Å². The SMILES string of the molecule is Cc1ncccc1C(=O)c1c(Cl)ncnc1Cl. The minimum Gasteiger partial charge on any atom is -0.288 e. The van der Waals surface area contributed by atoms with Crippen molar-refractivity contribution < 1.29 is 4.79 Å². The molecule has 2 aromatic rings. The van der Waals surface area contributed by atoms with Crippen molar-refractivity contribution in [1.82, 2.24) is 15.0 Å². The van der Waals surface area contributed by atoms with Crippen LogP contribution < -0.4 is 0 Å². The van der Waals surface area contributed by atoms with Crippen LogP contribution in [0.4, 0.5) is 0 Å². The lowest BCUT2D eigenvalue weighted by atomic mass is 10.1. The van der Waals surface area contributed by atoms with Gasteiger partial charge in [-0.3, -0.25) is 9.78 Å². The number of aromatic nitrogens is 3. The van der Waals surface area contributed by atoms with Crippen LogP contribution in [0.5, 0.6) is 0 Å². The first-order chi connectivity index (χ1) is 8.11. The Balaban J connectivity index is 2.56. The summed E-state index contributed by atoms with van der Waals surface area (Å²) in [5.41, 5.74) is 1.14. The largest absolute Gasteiger partial charge is 0.288 e. The van der Waals surface area contributed by atoms with Gasteiger partial charge in [0.2, 0.25) is 5.78 Å². The fraction of sp³-hybridized carbons (Fsp3) is 0.0909. The van der Waals surface area contributed by atoms with Gasteiger partial charge in [-0.15, -0.1) is 0 Å². The Kier molecular flexibility index (Phi) is 3.36. The molecule has 0 fully saturated rings. The highest BCUT2D eigenvalue weighted by molar-refractivity contribution is 6.39. The number of hydrogen-bond donors (Lipinski definition) is 0. The average Bonchev–Trinajstić information content (AvgIpc) is 2.29. The van der Waals surface area contributed by atoms with Crippen molar-refractivity contribution in [2.45, 2.75) is 6.92 Å². The Morgan fingerprint density at radius 2 is 1.82 bits per heavy atom. The first-order valence-electron chi connectivity index (χ1n) is 4.73. The normalized spacial score (nSPS) is 10.3. The van der Waals surface area contributed by atoms with Crippen molar-refractivity contribution >= 4 is 29.0 Å². The van der Waals surface area contributed by atoms with E-state index in [4.69, 9.17) is 23.2 Å². The number of rotatable bonds is 2. The molecule has 0 amide bonds. The third-order valence-electron chi connectivity index (χ3n) is 2.23. The topological polar surface area (TPSA) is 55.7 Å². The van der Waals surface area contributed by atoms with Crippen molar-refractivity contribution in [3.63, 3.8) is 0 Å². The van der Waals surface area contributed by atoms with Crippen molar-refractivity contribution in [2.24, 2.45) is 0 Å². The summed E-state index contributed by atoms with van der Waals surface area (Å²) < 4.78 is 0. The summed E-state index contributed by atoms with van der Waals surface area (Å²) in [4.78, 5) is 23.7. The second-order valence-electron chi connectivity index (χ2n) is 3.30. The highest BCUT2D eigenvalue weighted by Crippen LogP contribution is 2.23. The van der Waals surface area contributed by atoms with Crippen LogP contribution in [0.25, 0.3) is 0 Å². The lowest BCUT2D eigenvalue weighted by Crippen LogP contribution is -2.08. The number of aryl methyl sites for hydroxylation is 1. The zero-order valence-electron chi connectivity index (χ0n) is 8.82. The molecule has 4 nitrogen and oxygen atoms in total. The summed E-state index contributed by atoms with van der Waals surface area (Å²) in [5.74, 6) is -0.328. The summed E-state index contributed by atoms with van der Waals surface area (Å²) in [6.45, 7) is 1.73. The van der Waals surface area contributed by atoms with Gasteiger partial charge in [0, 0.05) is 17.5 Å². The summed E-state index contributed by atoms with van der Waals surface area (Å²) >= 11 is 11.7. The second-order valence-corrected chi connectivity index (χ2v) is 4.01. The molecule has 86 valence electrons. The van der Waals surface area contributed by atoms with Gasteiger partial charge >= 0.3 is 0 Å². The monoisotopic (exact) mass is 267 g/mol. The van der Waals surface area contributed by atoms with Crippen LogP contribution >= 0.6 is 23.2 Å². The molecule has 6 heteroatoms. The first kappa shape index (κ1) is 12.0. The number of ketones is 1. The van der Waals surface area contributed by atoms with E-state index in [1.165, 1.54) is 6.33 Å². The van der Waals surface area contributed by atoms with E-state index in [2.05, 4.69) is 15.0 Å². The third-order valence-corrected chi connectivity index (χ3v) is 2.81. The second kappa shape index (κ2) is 4.77. The molecule has 0 saturated carbocycles. The van der Waals surface area contributed by atoms with E-state index in [1.807, 2.05) is 0 Å². The van der Waals surface area contributed by atoms with Gasteiger partial charge < -0.3 is 0 Å². The lowest BCUT2D eigenvalue weighted by molar-refractivity contribution is 0.103. The van der Waals surface area contributed by atoms with E-state index in [0.717, 1.165) is 0 Å². The van der Waals surface area contributed by atoms with Crippen LogP contribution in [0.2, 0.25) is 10.3 Å². The van der Waals surface area contributed by atoms with Crippen LogP contribution in [0.15, 0.2) is 24.7 Å². The third kappa shape index (κ3) is 2.28. The molecule has 0 bridgehead atoms. The Hall–Kier alpha value is -1.52. The summed E-state index contributed by atoms with van der Waals surface area (Å²) in [5, 5.41) is 0.0801. The molecule has 0 aliphatic heterocycles. The van der Waals surface area contributed by atoms with Crippen molar-refractivity contribution in [2.75, 3.05) is 0 Å². The number of carbonyl (C=O) groups excluding carboxylic acids is 1. The fourth-order valence-electron chi connectivity index (χ4n) is 1.39. The smallest absolute Gasteiger partial charge is 0.201 e. The predicted octanol–water partition coefficient (Wildman–Crippen LogP) is 2.72. The van der Waals surface area contributed by atoms with Crippen molar-refractivity contribution in [1.29, 1.82) is 0 Å². The molecule has 0 spiro atoms. The molecular formula is C11H7Cl2N3O. The molecule has 0 aromatic carbocycles. The maximum absolute atomic E-state index is 12.2. The molecule has 0 saturated heterocycles. The molecular weight excluding hydrogens is 261 g/mol.